The van der Waals surface area contributed by atoms with Crippen molar-refractivity contribution in [1.82, 2.24) is 0 Å². The summed E-state index contributed by atoms with van der Waals surface area (Å²) in [7, 11) is 0. The number of unbranched alkanes of at least 4 members (excludes halogenated alkanes) is 5. The maximum atomic E-state index is 11.6. The number of carbonyl (C=O) groups is 2. The van der Waals surface area contributed by atoms with Crippen molar-refractivity contribution in [2.75, 3.05) is 0 Å². The first kappa shape index (κ1) is 20.5. The van der Waals surface area contributed by atoms with Gasteiger partial charge in [-0.2, -0.15) is 0 Å². The van der Waals surface area contributed by atoms with Crippen molar-refractivity contribution < 1.29 is 44.3 Å². The van der Waals surface area contributed by atoms with Crippen molar-refractivity contribution in [3.8, 4) is 0 Å². The molecule has 0 aromatic carbocycles. The van der Waals surface area contributed by atoms with Crippen LogP contribution in [0.3, 0.4) is 0 Å². The van der Waals surface area contributed by atoms with Crippen LogP contribution in [0.1, 0.15) is 72.1 Å². The maximum Gasteiger partial charge on any atom is 1.00 e. The molecule has 0 amide bonds. The van der Waals surface area contributed by atoms with Gasteiger partial charge in [-0.15, -0.1) is 0 Å². The Kier molecular flexibility index (Phi) is 12.5. The largest absolute Gasteiger partial charge is 1.00 e. The summed E-state index contributed by atoms with van der Waals surface area (Å²) < 4.78 is 0. The van der Waals surface area contributed by atoms with Crippen molar-refractivity contribution in [1.29, 1.82) is 0 Å². The number of ketones is 1. The third-order valence-electron chi connectivity index (χ3n) is 2.87. The van der Waals surface area contributed by atoms with E-state index in [1.807, 2.05) is 20.8 Å². The summed E-state index contributed by atoms with van der Waals surface area (Å²) in [6.07, 6.45) is 6.65. The van der Waals surface area contributed by atoms with Crippen LogP contribution in [0.5, 0.6) is 0 Å². The van der Waals surface area contributed by atoms with Gasteiger partial charge in [0.25, 0.3) is 0 Å². The summed E-state index contributed by atoms with van der Waals surface area (Å²) in [4.78, 5) is 21.8. The maximum absolute atomic E-state index is 11.6. The predicted molar refractivity (Wildman–Crippen MR) is 66.4 cm³/mol. The fourth-order valence-corrected chi connectivity index (χ4v) is 1.64. The van der Waals surface area contributed by atoms with Gasteiger partial charge in [-0.3, -0.25) is 4.79 Å². The first-order valence-electron chi connectivity index (χ1n) is 6.57. The van der Waals surface area contributed by atoms with Crippen LogP contribution >= 0.6 is 0 Å². The summed E-state index contributed by atoms with van der Waals surface area (Å²) in [5.74, 6) is -0.629. The minimum atomic E-state index is -0.958. The summed E-state index contributed by atoms with van der Waals surface area (Å²) in [6, 6.07) is 0. The molecule has 0 aromatic heterocycles. The van der Waals surface area contributed by atoms with Gasteiger partial charge in [-0.1, -0.05) is 46.5 Å². The van der Waals surface area contributed by atoms with Gasteiger partial charge in [-0.25, -0.2) is 0 Å². The number of aliphatic carboxylic acids is 1. The molecule has 0 aliphatic heterocycles. The summed E-state index contributed by atoms with van der Waals surface area (Å²) in [6.45, 7) is 5.86. The fourth-order valence-electron chi connectivity index (χ4n) is 1.64. The molecule has 0 saturated heterocycles. The molecule has 0 unspecified atom stereocenters. The van der Waals surface area contributed by atoms with Crippen LogP contribution in [-0.2, 0) is 9.59 Å². The van der Waals surface area contributed by atoms with E-state index in [0.717, 1.165) is 32.1 Å². The number of rotatable bonds is 9. The second-order valence-electron chi connectivity index (χ2n) is 5.67. The van der Waals surface area contributed by atoms with Gasteiger partial charge in [-0.05, 0) is 19.3 Å². The standard InChI is InChI=1S/C14H26O3.Na/c1-14(2,3)12(15)10-8-6-4-5-7-9-11-13(16)17;/h4-11H2,1-3H3,(H,16,17);/q;+1/p-1. The van der Waals surface area contributed by atoms with Crippen LogP contribution in [0, 0.1) is 5.41 Å². The Labute approximate surface area is 133 Å². The molecule has 18 heavy (non-hydrogen) atoms. The minimum Gasteiger partial charge on any atom is -0.550 e. The zero-order valence-corrected chi connectivity index (χ0v) is 14.4. The van der Waals surface area contributed by atoms with Gasteiger partial charge in [0.2, 0.25) is 0 Å². The molecule has 0 N–H and O–H groups in total. The summed E-state index contributed by atoms with van der Waals surface area (Å²) in [5.41, 5.74) is -0.214. The number of hydrogen-bond acceptors (Lipinski definition) is 3. The quantitative estimate of drug-likeness (QED) is 0.416. The van der Waals surface area contributed by atoms with Crippen LogP contribution in [0.2, 0.25) is 0 Å². The topological polar surface area (TPSA) is 57.2 Å². The molecule has 100 valence electrons. The Morgan fingerprint density at radius 1 is 0.833 bits per heavy atom. The first-order valence-corrected chi connectivity index (χ1v) is 6.57. The molecule has 0 heterocycles. The van der Waals surface area contributed by atoms with E-state index in [4.69, 9.17) is 0 Å². The average Bonchev–Trinajstić information content (AvgIpc) is 2.19. The smallest absolute Gasteiger partial charge is 0.550 e. The van der Waals surface area contributed by atoms with E-state index in [1.165, 1.54) is 0 Å². The molecule has 0 bridgehead atoms. The molecule has 0 radical (unpaired) electrons. The van der Waals surface area contributed by atoms with Crippen LogP contribution < -0.4 is 34.7 Å². The van der Waals surface area contributed by atoms with Crippen molar-refractivity contribution in [2.24, 2.45) is 5.41 Å². The molecule has 0 aliphatic carbocycles. The summed E-state index contributed by atoms with van der Waals surface area (Å²) in [5, 5.41) is 10.2. The van der Waals surface area contributed by atoms with E-state index in [2.05, 4.69) is 0 Å². The van der Waals surface area contributed by atoms with E-state index in [-0.39, 0.29) is 41.4 Å². The zero-order chi connectivity index (χ0) is 13.3. The van der Waals surface area contributed by atoms with Gasteiger partial charge in [0.15, 0.2) is 0 Å². The van der Waals surface area contributed by atoms with Gasteiger partial charge in [0, 0.05) is 17.8 Å². The summed E-state index contributed by atoms with van der Waals surface area (Å²) >= 11 is 0. The van der Waals surface area contributed by atoms with Crippen LogP contribution in [0.25, 0.3) is 0 Å². The van der Waals surface area contributed by atoms with Crippen molar-refractivity contribution in [2.45, 2.75) is 72.1 Å². The van der Waals surface area contributed by atoms with E-state index in [9.17, 15) is 14.7 Å². The molecular formula is C14H25NaO3. The van der Waals surface area contributed by atoms with E-state index >= 15 is 0 Å². The van der Waals surface area contributed by atoms with E-state index < -0.39 is 5.97 Å². The number of hydrogen-bond donors (Lipinski definition) is 0. The van der Waals surface area contributed by atoms with Gasteiger partial charge < -0.3 is 9.90 Å². The minimum absolute atomic E-state index is 0. The Bertz CT molecular complexity index is 244. The molecule has 4 heteroatoms. The van der Waals surface area contributed by atoms with Crippen LogP contribution in [-0.4, -0.2) is 11.8 Å². The molecule has 0 aliphatic rings. The van der Waals surface area contributed by atoms with Gasteiger partial charge in [0.05, 0.1) is 0 Å². The Balaban J connectivity index is 0. The molecular weight excluding hydrogens is 239 g/mol. The number of carbonyl (C=O) groups excluding carboxylic acids is 2. The van der Waals surface area contributed by atoms with Crippen LogP contribution in [0.4, 0.5) is 0 Å². The van der Waals surface area contributed by atoms with E-state index in [0.29, 0.717) is 18.6 Å². The second kappa shape index (κ2) is 11.0. The Hall–Kier alpha value is 0.140. The monoisotopic (exact) mass is 264 g/mol. The van der Waals surface area contributed by atoms with Gasteiger partial charge >= 0.3 is 29.6 Å². The Morgan fingerprint density at radius 2 is 1.22 bits per heavy atom. The number of carboxylic acid groups (broad SMARTS) is 1. The van der Waals surface area contributed by atoms with Crippen molar-refractivity contribution in [3.63, 3.8) is 0 Å². The molecule has 0 aromatic rings. The van der Waals surface area contributed by atoms with Crippen molar-refractivity contribution in [3.05, 3.63) is 0 Å². The molecule has 0 atom stereocenters. The van der Waals surface area contributed by atoms with E-state index in [1.54, 1.807) is 0 Å². The molecule has 0 fully saturated rings. The predicted octanol–water partition coefficient (Wildman–Crippen LogP) is -0.524. The zero-order valence-electron chi connectivity index (χ0n) is 12.4. The van der Waals surface area contributed by atoms with Gasteiger partial charge in [0.1, 0.15) is 5.78 Å². The van der Waals surface area contributed by atoms with Crippen molar-refractivity contribution >= 4 is 11.8 Å². The first-order chi connectivity index (χ1) is 7.84. The second-order valence-corrected chi connectivity index (χ2v) is 5.67. The molecule has 0 rings (SSSR count). The third kappa shape index (κ3) is 12.6. The third-order valence-corrected chi connectivity index (χ3v) is 2.87. The molecule has 0 saturated carbocycles. The fraction of sp³-hybridized carbons (Fsp3) is 0.857. The van der Waals surface area contributed by atoms with Crippen LogP contribution in [0.15, 0.2) is 0 Å². The molecule has 3 nitrogen and oxygen atoms in total. The number of carboxylic acids is 1. The Morgan fingerprint density at radius 3 is 1.61 bits per heavy atom. The molecule has 0 spiro atoms. The SMILES string of the molecule is CC(C)(C)C(=O)CCCCCCCCC(=O)[O-].[Na+]. The average molecular weight is 264 g/mol. The number of Topliss-reactive ketones (excluding diaryl/α,β-unsaturated/α-hetero) is 1. The normalized spacial score (nSPS) is 10.8.